The van der Waals surface area contributed by atoms with E-state index in [9.17, 15) is 9.59 Å². The van der Waals surface area contributed by atoms with E-state index in [4.69, 9.17) is 0 Å². The van der Waals surface area contributed by atoms with Crippen LogP contribution in [0.25, 0.3) is 0 Å². The summed E-state index contributed by atoms with van der Waals surface area (Å²) in [5.41, 5.74) is 4.06. The predicted molar refractivity (Wildman–Crippen MR) is 96.1 cm³/mol. The zero-order valence-corrected chi connectivity index (χ0v) is 14.6. The molecule has 2 N–H and O–H groups in total. The molecule has 25 heavy (non-hydrogen) atoms. The number of amides is 2. The van der Waals surface area contributed by atoms with Crippen molar-refractivity contribution in [3.63, 3.8) is 0 Å². The van der Waals surface area contributed by atoms with Gasteiger partial charge < -0.3 is 10.2 Å². The number of carbonyl (C=O) groups excluding carboxylic acids is 2. The number of hydrogen-bond donors (Lipinski definition) is 2. The lowest BCUT2D eigenvalue weighted by atomic mass is 10.0. The van der Waals surface area contributed by atoms with Crippen LogP contribution in [0.3, 0.4) is 0 Å². The summed E-state index contributed by atoms with van der Waals surface area (Å²) in [4.78, 5) is 28.0. The maximum absolute atomic E-state index is 12.1. The Hall–Kier alpha value is -2.25. The van der Waals surface area contributed by atoms with Gasteiger partial charge in [0.2, 0.25) is 5.91 Å². The molecule has 0 aromatic heterocycles. The molecule has 2 aliphatic heterocycles. The molecule has 0 radical (unpaired) electrons. The number of piperazine rings is 1. The van der Waals surface area contributed by atoms with Gasteiger partial charge in [-0.2, -0.15) is 5.10 Å². The number of benzene rings is 1. The molecule has 2 heterocycles. The molecule has 1 fully saturated rings. The molecular weight excluding hydrogens is 318 g/mol. The van der Waals surface area contributed by atoms with Gasteiger partial charge in [0.1, 0.15) is 5.71 Å². The fraction of sp³-hybridized carbons (Fsp3) is 0.500. The van der Waals surface area contributed by atoms with Crippen LogP contribution < -0.4 is 10.7 Å². The van der Waals surface area contributed by atoms with Gasteiger partial charge in [0.15, 0.2) is 0 Å². The minimum atomic E-state index is -0.189. The molecule has 1 atom stereocenters. The van der Waals surface area contributed by atoms with Crippen LogP contribution in [0.1, 0.15) is 24.4 Å². The van der Waals surface area contributed by atoms with Gasteiger partial charge in [0.05, 0.1) is 0 Å². The predicted octanol–water partition coefficient (Wildman–Crippen LogP) is 0.357. The zero-order valence-electron chi connectivity index (χ0n) is 14.6. The van der Waals surface area contributed by atoms with E-state index in [2.05, 4.69) is 57.0 Å². The highest BCUT2D eigenvalue weighted by molar-refractivity contribution is 6.39. The molecule has 134 valence electrons. The topological polar surface area (TPSA) is 77.0 Å². The molecule has 1 aromatic rings. The third-order valence-corrected chi connectivity index (χ3v) is 4.73. The second kappa shape index (κ2) is 8.22. The van der Waals surface area contributed by atoms with Crippen molar-refractivity contribution in [2.24, 2.45) is 5.10 Å². The van der Waals surface area contributed by atoms with Crippen LogP contribution in [-0.2, 0) is 9.59 Å². The van der Waals surface area contributed by atoms with Crippen LogP contribution in [0, 0.1) is 0 Å². The van der Waals surface area contributed by atoms with Crippen LogP contribution in [0.15, 0.2) is 35.4 Å². The van der Waals surface area contributed by atoms with E-state index in [-0.39, 0.29) is 11.8 Å². The molecule has 3 rings (SSSR count). The average molecular weight is 343 g/mol. The van der Waals surface area contributed by atoms with Crippen LogP contribution in [0.2, 0.25) is 0 Å². The fourth-order valence-corrected chi connectivity index (χ4v) is 3.27. The first-order chi connectivity index (χ1) is 12.1. The molecule has 1 aromatic carbocycles. The second-order valence-electron chi connectivity index (χ2n) is 6.57. The molecule has 0 bridgehead atoms. The lowest BCUT2D eigenvalue weighted by molar-refractivity contribution is -0.121. The van der Waals surface area contributed by atoms with E-state index < -0.39 is 0 Å². The highest BCUT2D eigenvalue weighted by Crippen LogP contribution is 2.24. The van der Waals surface area contributed by atoms with Crippen molar-refractivity contribution in [2.45, 2.75) is 18.9 Å². The van der Waals surface area contributed by atoms with E-state index in [1.54, 1.807) is 0 Å². The average Bonchev–Trinajstić information content (AvgIpc) is 2.64. The SMILES string of the molecule is CN1CCN(CCNC(=O)C2=NNC(=O)CC2)[C@@H](c2ccccc2)C1. The van der Waals surface area contributed by atoms with Crippen molar-refractivity contribution < 1.29 is 9.59 Å². The smallest absolute Gasteiger partial charge is 0.267 e. The fourth-order valence-electron chi connectivity index (χ4n) is 3.27. The molecular formula is C18H25N5O2. The molecule has 0 saturated carbocycles. The number of hydrazone groups is 1. The lowest BCUT2D eigenvalue weighted by Gasteiger charge is -2.40. The number of carbonyl (C=O) groups is 2. The van der Waals surface area contributed by atoms with Crippen molar-refractivity contribution in [3.8, 4) is 0 Å². The molecule has 0 unspecified atom stereocenters. The number of rotatable bonds is 5. The monoisotopic (exact) mass is 343 g/mol. The van der Waals surface area contributed by atoms with Crippen LogP contribution >= 0.6 is 0 Å². The summed E-state index contributed by atoms with van der Waals surface area (Å²) in [5.74, 6) is -0.329. The van der Waals surface area contributed by atoms with E-state index in [1.165, 1.54) is 5.56 Å². The third-order valence-electron chi connectivity index (χ3n) is 4.73. The largest absolute Gasteiger partial charge is 0.350 e. The standard InChI is InChI=1S/C18H25N5O2/c1-22-11-12-23(16(13-22)14-5-3-2-4-6-14)10-9-19-18(25)15-7-8-17(24)21-20-15/h2-6,16H,7-13H2,1H3,(H,19,25)(H,21,24)/t16-/m1/s1. The van der Waals surface area contributed by atoms with Crippen LogP contribution in [0.4, 0.5) is 0 Å². The van der Waals surface area contributed by atoms with Crippen molar-refractivity contribution in [3.05, 3.63) is 35.9 Å². The van der Waals surface area contributed by atoms with Crippen molar-refractivity contribution in [1.82, 2.24) is 20.5 Å². The lowest BCUT2D eigenvalue weighted by Crippen LogP contribution is -2.49. The summed E-state index contributed by atoms with van der Waals surface area (Å²) in [5, 5.41) is 6.75. The Kier molecular flexibility index (Phi) is 5.78. The molecule has 1 saturated heterocycles. The first kappa shape index (κ1) is 17.6. The highest BCUT2D eigenvalue weighted by Gasteiger charge is 2.26. The molecule has 2 amide bonds. The number of nitrogens with one attached hydrogen (secondary N) is 2. The summed E-state index contributed by atoms with van der Waals surface area (Å²) >= 11 is 0. The Labute approximate surface area is 148 Å². The molecule has 0 spiro atoms. The summed E-state index contributed by atoms with van der Waals surface area (Å²) in [7, 11) is 2.14. The minimum Gasteiger partial charge on any atom is -0.350 e. The van der Waals surface area contributed by atoms with E-state index >= 15 is 0 Å². The summed E-state index contributed by atoms with van der Waals surface area (Å²) in [6.45, 7) is 4.34. The molecule has 7 heteroatoms. The molecule has 2 aliphatic rings. The van der Waals surface area contributed by atoms with Crippen molar-refractivity contribution in [1.29, 1.82) is 0 Å². The second-order valence-corrected chi connectivity index (χ2v) is 6.57. The zero-order chi connectivity index (χ0) is 17.6. The van der Waals surface area contributed by atoms with Crippen molar-refractivity contribution >= 4 is 17.5 Å². The van der Waals surface area contributed by atoms with Gasteiger partial charge >= 0.3 is 0 Å². The van der Waals surface area contributed by atoms with Gasteiger partial charge in [0.25, 0.3) is 5.91 Å². The minimum absolute atomic E-state index is 0.139. The van der Waals surface area contributed by atoms with E-state index in [1.807, 2.05) is 6.07 Å². The quantitative estimate of drug-likeness (QED) is 0.809. The van der Waals surface area contributed by atoms with Gasteiger partial charge in [-0.05, 0) is 12.6 Å². The van der Waals surface area contributed by atoms with Crippen molar-refractivity contribution in [2.75, 3.05) is 39.8 Å². The van der Waals surface area contributed by atoms with Gasteiger partial charge in [-0.1, -0.05) is 30.3 Å². The summed E-state index contributed by atoms with van der Waals surface area (Å²) in [6.07, 6.45) is 0.722. The number of nitrogens with zero attached hydrogens (tertiary/aromatic N) is 3. The maximum atomic E-state index is 12.1. The Balaban J connectivity index is 1.54. The Morgan fingerprint density at radius 1 is 1.28 bits per heavy atom. The van der Waals surface area contributed by atoms with Gasteiger partial charge in [-0.15, -0.1) is 0 Å². The summed E-state index contributed by atoms with van der Waals surface area (Å²) in [6, 6.07) is 10.8. The summed E-state index contributed by atoms with van der Waals surface area (Å²) < 4.78 is 0. The Bertz CT molecular complexity index is 646. The Morgan fingerprint density at radius 2 is 2.08 bits per heavy atom. The molecule has 0 aliphatic carbocycles. The van der Waals surface area contributed by atoms with E-state index in [0.717, 1.165) is 26.2 Å². The van der Waals surface area contributed by atoms with E-state index in [0.29, 0.717) is 31.1 Å². The van der Waals surface area contributed by atoms with Gasteiger partial charge in [-0.25, -0.2) is 5.43 Å². The third kappa shape index (κ3) is 4.64. The first-order valence-electron chi connectivity index (χ1n) is 8.74. The number of hydrogen-bond acceptors (Lipinski definition) is 5. The molecule has 7 nitrogen and oxygen atoms in total. The normalized spacial score (nSPS) is 22.2. The highest BCUT2D eigenvalue weighted by atomic mass is 16.2. The first-order valence-corrected chi connectivity index (χ1v) is 8.74. The van der Waals surface area contributed by atoms with Crippen LogP contribution in [-0.4, -0.2) is 67.1 Å². The van der Waals surface area contributed by atoms with Gasteiger partial charge in [0, 0.05) is 51.6 Å². The van der Waals surface area contributed by atoms with Gasteiger partial charge in [-0.3, -0.25) is 14.5 Å². The van der Waals surface area contributed by atoms with Crippen LogP contribution in [0.5, 0.6) is 0 Å². The number of likely N-dealkylation sites (N-methyl/N-ethyl adjacent to an activating group) is 1. The Morgan fingerprint density at radius 3 is 2.80 bits per heavy atom. The maximum Gasteiger partial charge on any atom is 0.267 e.